The van der Waals surface area contributed by atoms with Crippen molar-refractivity contribution in [3.05, 3.63) is 48.2 Å². The van der Waals surface area contributed by atoms with Gasteiger partial charge in [-0.25, -0.2) is 9.97 Å². The second kappa shape index (κ2) is 7.17. The minimum absolute atomic E-state index is 0.0335. The first-order valence-electron chi connectivity index (χ1n) is 9.92. The minimum Gasteiger partial charge on any atom is -0.354 e. The van der Waals surface area contributed by atoms with E-state index in [4.69, 9.17) is 0 Å². The van der Waals surface area contributed by atoms with E-state index in [9.17, 15) is 10.1 Å². The summed E-state index contributed by atoms with van der Waals surface area (Å²) in [6.07, 6.45) is 5.32. The van der Waals surface area contributed by atoms with Crippen LogP contribution in [0.15, 0.2) is 36.7 Å². The molecule has 0 saturated carbocycles. The molecule has 5 rings (SSSR count). The molecule has 1 aromatic carbocycles. The second-order valence-electron chi connectivity index (χ2n) is 7.69. The van der Waals surface area contributed by atoms with Crippen molar-refractivity contribution in [1.82, 2.24) is 24.8 Å². The molecular weight excluding hydrogens is 366 g/mol. The van der Waals surface area contributed by atoms with Crippen molar-refractivity contribution in [3.63, 3.8) is 0 Å². The van der Waals surface area contributed by atoms with Gasteiger partial charge in [-0.1, -0.05) is 12.1 Å². The number of hydrogen-bond donors (Lipinski definition) is 1. The average molecular weight is 387 g/mol. The minimum atomic E-state index is -0.0922. The highest BCUT2D eigenvalue weighted by Crippen LogP contribution is 2.33. The molecule has 0 bridgehead atoms. The lowest BCUT2D eigenvalue weighted by Crippen LogP contribution is -2.49. The van der Waals surface area contributed by atoms with Gasteiger partial charge in [0.1, 0.15) is 0 Å². The second-order valence-corrected chi connectivity index (χ2v) is 7.69. The van der Waals surface area contributed by atoms with Crippen LogP contribution in [0, 0.1) is 17.2 Å². The number of nitrogens with one attached hydrogen (secondary N) is 1. The zero-order chi connectivity index (χ0) is 19.8. The lowest BCUT2D eigenvalue weighted by atomic mass is 9.94. The van der Waals surface area contributed by atoms with E-state index in [-0.39, 0.29) is 17.7 Å². The Hall–Kier alpha value is -3.47. The van der Waals surface area contributed by atoms with Gasteiger partial charge < -0.3 is 14.8 Å². The summed E-state index contributed by atoms with van der Waals surface area (Å²) in [6.45, 7) is 2.77. The molecule has 3 aromatic rings. The number of nitrogens with zero attached hydrogens (tertiary/aromatic N) is 6. The number of nitriles is 1. The Morgan fingerprint density at radius 2 is 2.00 bits per heavy atom. The molecule has 0 spiro atoms. The first kappa shape index (κ1) is 17.6. The first-order valence-corrected chi connectivity index (χ1v) is 9.92. The molecule has 0 radical (unpaired) electrons. The fourth-order valence-corrected chi connectivity index (χ4v) is 4.17. The Labute approximate surface area is 168 Å². The molecule has 8 heteroatoms. The molecule has 2 aromatic heterocycles. The molecule has 146 valence electrons. The Bertz CT molecular complexity index is 1060. The molecule has 2 fully saturated rings. The number of para-hydroxylation sites is 2. The number of likely N-dealkylation sites (tertiary alicyclic amines) is 1. The van der Waals surface area contributed by atoms with Gasteiger partial charge in [-0.05, 0) is 25.0 Å². The third kappa shape index (κ3) is 3.18. The molecule has 2 saturated heterocycles. The number of anilines is 1. The van der Waals surface area contributed by atoms with E-state index >= 15 is 0 Å². The average Bonchev–Trinajstić information content (AvgIpc) is 3.17. The molecule has 2 aliphatic heterocycles. The number of hydrogen-bond acceptors (Lipinski definition) is 6. The van der Waals surface area contributed by atoms with E-state index in [1.54, 1.807) is 17.3 Å². The summed E-state index contributed by atoms with van der Waals surface area (Å²) in [5.74, 6) is 1.32. The van der Waals surface area contributed by atoms with E-state index in [0.717, 1.165) is 41.9 Å². The smallest absolute Gasteiger partial charge is 0.289 e. The van der Waals surface area contributed by atoms with Crippen molar-refractivity contribution in [2.24, 2.45) is 5.92 Å². The first-order chi connectivity index (χ1) is 14.2. The van der Waals surface area contributed by atoms with Crippen molar-refractivity contribution >= 4 is 22.8 Å². The number of amides is 1. The Morgan fingerprint density at radius 1 is 1.17 bits per heavy atom. The van der Waals surface area contributed by atoms with Crippen LogP contribution in [0.3, 0.4) is 0 Å². The van der Waals surface area contributed by atoms with Crippen LogP contribution in [0.5, 0.6) is 0 Å². The Balaban J connectivity index is 1.31. The van der Waals surface area contributed by atoms with Crippen LogP contribution in [-0.2, 0) is 0 Å². The topological polar surface area (TPSA) is 102 Å². The summed E-state index contributed by atoms with van der Waals surface area (Å²) < 4.78 is 0. The number of rotatable bonds is 3. The number of benzene rings is 1. The fourth-order valence-electron chi connectivity index (χ4n) is 4.17. The van der Waals surface area contributed by atoms with Crippen molar-refractivity contribution < 1.29 is 4.79 Å². The maximum atomic E-state index is 12.8. The molecule has 1 N–H and O–H groups in total. The highest BCUT2D eigenvalue weighted by Gasteiger charge is 2.37. The predicted molar refractivity (Wildman–Crippen MR) is 107 cm³/mol. The van der Waals surface area contributed by atoms with Crippen molar-refractivity contribution in [3.8, 4) is 6.07 Å². The van der Waals surface area contributed by atoms with Gasteiger partial charge in [0.15, 0.2) is 11.6 Å². The predicted octanol–water partition coefficient (Wildman–Crippen LogP) is 2.33. The van der Waals surface area contributed by atoms with E-state index in [2.05, 4.69) is 30.9 Å². The SMILES string of the molecule is N#C[C@@H]1CCCN(c2nccnc2C2CN(C(=O)c3nc4ccccc4[nH]3)C2)C1. The zero-order valence-electron chi connectivity index (χ0n) is 16.0. The van der Waals surface area contributed by atoms with Gasteiger partial charge >= 0.3 is 0 Å². The largest absolute Gasteiger partial charge is 0.354 e. The number of imidazole rings is 1. The summed E-state index contributed by atoms with van der Waals surface area (Å²) in [6, 6.07) is 10.0. The number of H-pyrrole nitrogens is 1. The third-order valence-corrected chi connectivity index (χ3v) is 5.76. The molecule has 1 amide bonds. The van der Waals surface area contributed by atoms with Gasteiger partial charge in [-0.15, -0.1) is 0 Å². The van der Waals surface area contributed by atoms with E-state index in [1.807, 2.05) is 24.3 Å². The summed E-state index contributed by atoms with van der Waals surface area (Å²) in [7, 11) is 0. The Morgan fingerprint density at radius 3 is 2.83 bits per heavy atom. The summed E-state index contributed by atoms with van der Waals surface area (Å²) >= 11 is 0. The van der Waals surface area contributed by atoms with E-state index in [1.165, 1.54) is 0 Å². The highest BCUT2D eigenvalue weighted by atomic mass is 16.2. The standard InChI is InChI=1S/C21H21N7O/c22-10-14-4-3-9-27(11-14)20-18(23-7-8-24-20)15-12-28(13-15)21(29)19-25-16-5-1-2-6-17(16)26-19/h1-2,5-8,14-15H,3-4,9,11-13H2,(H,25,26)/t14-/m0/s1. The lowest BCUT2D eigenvalue weighted by Gasteiger charge is -2.40. The lowest BCUT2D eigenvalue weighted by molar-refractivity contribution is 0.0587. The van der Waals surface area contributed by atoms with Gasteiger partial charge in [0, 0.05) is 44.5 Å². The van der Waals surface area contributed by atoms with Gasteiger partial charge in [-0.3, -0.25) is 9.78 Å². The van der Waals surface area contributed by atoms with Gasteiger partial charge in [0.05, 0.1) is 28.7 Å². The van der Waals surface area contributed by atoms with Gasteiger partial charge in [-0.2, -0.15) is 5.26 Å². The van der Waals surface area contributed by atoms with Crippen LogP contribution in [0.2, 0.25) is 0 Å². The quantitative estimate of drug-likeness (QED) is 0.740. The number of carbonyl (C=O) groups excluding carboxylic acids is 1. The molecule has 8 nitrogen and oxygen atoms in total. The molecule has 0 aliphatic carbocycles. The summed E-state index contributed by atoms with van der Waals surface area (Å²) in [4.78, 5) is 33.4. The van der Waals surface area contributed by atoms with Crippen LogP contribution in [0.25, 0.3) is 11.0 Å². The van der Waals surface area contributed by atoms with Crippen LogP contribution in [0.4, 0.5) is 5.82 Å². The summed E-state index contributed by atoms with van der Waals surface area (Å²) in [5, 5.41) is 9.28. The molecule has 1 atom stereocenters. The van der Waals surface area contributed by atoms with Crippen LogP contribution < -0.4 is 4.90 Å². The zero-order valence-corrected chi connectivity index (χ0v) is 16.0. The van der Waals surface area contributed by atoms with Crippen LogP contribution in [-0.4, -0.2) is 56.9 Å². The van der Waals surface area contributed by atoms with E-state index in [0.29, 0.717) is 25.5 Å². The number of aromatic nitrogens is 4. The maximum absolute atomic E-state index is 12.8. The van der Waals surface area contributed by atoms with Crippen molar-refractivity contribution in [2.45, 2.75) is 18.8 Å². The fraction of sp³-hybridized carbons (Fsp3) is 0.381. The molecule has 4 heterocycles. The number of aromatic amines is 1. The molecule has 2 aliphatic rings. The maximum Gasteiger partial charge on any atom is 0.289 e. The number of fused-ring (bicyclic) bond motifs is 1. The third-order valence-electron chi connectivity index (χ3n) is 5.76. The number of piperidine rings is 1. The molecular formula is C21H21N7O. The molecule has 0 unspecified atom stereocenters. The number of carbonyl (C=O) groups is 1. The van der Waals surface area contributed by atoms with E-state index < -0.39 is 0 Å². The normalized spacial score (nSPS) is 19.8. The van der Waals surface area contributed by atoms with Gasteiger partial charge in [0.2, 0.25) is 0 Å². The highest BCUT2D eigenvalue weighted by molar-refractivity contribution is 5.94. The van der Waals surface area contributed by atoms with Crippen LogP contribution in [0.1, 0.15) is 35.1 Å². The van der Waals surface area contributed by atoms with Crippen molar-refractivity contribution in [1.29, 1.82) is 5.26 Å². The molecule has 29 heavy (non-hydrogen) atoms. The van der Waals surface area contributed by atoms with Crippen molar-refractivity contribution in [2.75, 3.05) is 31.1 Å². The van der Waals surface area contributed by atoms with Crippen LogP contribution >= 0.6 is 0 Å². The Kier molecular flexibility index (Phi) is 4.35. The van der Waals surface area contributed by atoms with Gasteiger partial charge in [0.25, 0.3) is 5.91 Å². The monoisotopic (exact) mass is 387 g/mol. The summed E-state index contributed by atoms with van der Waals surface area (Å²) in [5.41, 5.74) is 2.57.